The fourth-order valence-electron chi connectivity index (χ4n) is 0.732. The topological polar surface area (TPSA) is 56.0 Å². The van der Waals surface area contributed by atoms with E-state index in [9.17, 15) is 4.79 Å². The number of nitrogens with two attached hydrogens (primary N) is 1. The van der Waals surface area contributed by atoms with Crippen LogP contribution < -0.4 is 5.73 Å². The number of rotatable bonds is 1. The van der Waals surface area contributed by atoms with Crippen LogP contribution in [0.5, 0.6) is 0 Å². The summed E-state index contributed by atoms with van der Waals surface area (Å²) in [6.07, 6.45) is 1.63. The summed E-state index contributed by atoms with van der Waals surface area (Å²) in [6, 6.07) is 1.68. The highest BCUT2D eigenvalue weighted by atomic mass is 127. The number of amides is 1. The molecule has 1 rings (SSSR count). The van der Waals surface area contributed by atoms with Gasteiger partial charge in [0.15, 0.2) is 0 Å². The van der Waals surface area contributed by atoms with Crippen LogP contribution in [0.2, 0.25) is 0 Å². The van der Waals surface area contributed by atoms with Gasteiger partial charge in [-0.25, -0.2) is 0 Å². The first-order valence-electron chi connectivity index (χ1n) is 3.03. The third-order valence-electron chi connectivity index (χ3n) is 1.26. The maximum atomic E-state index is 10.8. The smallest absolute Gasteiger partial charge is 0.249 e. The van der Waals surface area contributed by atoms with Crippen molar-refractivity contribution in [2.24, 2.45) is 5.73 Å². The van der Waals surface area contributed by atoms with Crippen molar-refractivity contribution in [2.45, 2.75) is 6.92 Å². The molecular weight excluding hydrogens is 255 g/mol. The van der Waals surface area contributed by atoms with Crippen LogP contribution in [-0.4, -0.2) is 10.9 Å². The van der Waals surface area contributed by atoms with Gasteiger partial charge in [-0.3, -0.25) is 9.78 Å². The van der Waals surface area contributed by atoms with E-state index in [4.69, 9.17) is 5.73 Å². The van der Waals surface area contributed by atoms with Gasteiger partial charge in [0.25, 0.3) is 0 Å². The SMILES string of the molecule is Cc1cc(C(N)=O)c(I)cn1. The van der Waals surface area contributed by atoms with Crippen molar-refractivity contribution >= 4 is 28.5 Å². The molecule has 1 amide bonds. The van der Waals surface area contributed by atoms with E-state index in [0.717, 1.165) is 9.26 Å². The Labute approximate surface area is 78.1 Å². The van der Waals surface area contributed by atoms with Crippen molar-refractivity contribution in [1.29, 1.82) is 0 Å². The molecule has 0 aliphatic heterocycles. The Morgan fingerprint density at radius 2 is 2.36 bits per heavy atom. The molecule has 0 spiro atoms. The van der Waals surface area contributed by atoms with Crippen molar-refractivity contribution in [2.75, 3.05) is 0 Å². The van der Waals surface area contributed by atoms with Gasteiger partial charge in [0.05, 0.1) is 5.56 Å². The number of hydrogen-bond acceptors (Lipinski definition) is 2. The van der Waals surface area contributed by atoms with E-state index in [1.807, 2.05) is 29.5 Å². The molecule has 2 N–H and O–H groups in total. The first-order chi connectivity index (χ1) is 5.11. The zero-order valence-corrected chi connectivity index (χ0v) is 8.12. The molecule has 0 bridgehead atoms. The molecule has 0 saturated heterocycles. The van der Waals surface area contributed by atoms with Crippen LogP contribution in [-0.2, 0) is 0 Å². The Bertz CT molecular complexity index is 298. The number of aryl methyl sites for hydroxylation is 1. The van der Waals surface area contributed by atoms with Gasteiger partial charge < -0.3 is 5.73 Å². The lowest BCUT2D eigenvalue weighted by atomic mass is 10.2. The monoisotopic (exact) mass is 262 g/mol. The Hall–Kier alpha value is -0.650. The minimum absolute atomic E-state index is 0.403. The summed E-state index contributed by atoms with van der Waals surface area (Å²) in [5, 5.41) is 0. The summed E-state index contributed by atoms with van der Waals surface area (Å²) < 4.78 is 0.792. The molecule has 0 fully saturated rings. The first kappa shape index (κ1) is 8.45. The van der Waals surface area contributed by atoms with Crippen LogP contribution >= 0.6 is 22.6 Å². The van der Waals surface area contributed by atoms with Gasteiger partial charge in [0.2, 0.25) is 5.91 Å². The molecule has 0 aliphatic rings. The number of carbonyl (C=O) groups is 1. The van der Waals surface area contributed by atoms with Gasteiger partial charge in [-0.15, -0.1) is 0 Å². The van der Waals surface area contributed by atoms with Gasteiger partial charge in [0, 0.05) is 15.5 Å². The van der Waals surface area contributed by atoms with Crippen LogP contribution in [0, 0.1) is 10.5 Å². The molecule has 58 valence electrons. The van der Waals surface area contributed by atoms with Crippen LogP contribution in [0.4, 0.5) is 0 Å². The van der Waals surface area contributed by atoms with Crippen LogP contribution in [0.15, 0.2) is 12.3 Å². The molecule has 11 heavy (non-hydrogen) atoms. The quantitative estimate of drug-likeness (QED) is 0.770. The standard InChI is InChI=1S/C7H7IN2O/c1-4-2-5(7(9)11)6(8)3-10-4/h2-3H,1H3,(H2,9,11). The van der Waals surface area contributed by atoms with Crippen molar-refractivity contribution in [3.63, 3.8) is 0 Å². The van der Waals surface area contributed by atoms with Gasteiger partial charge in [0.1, 0.15) is 0 Å². The average Bonchev–Trinajstić information content (AvgIpc) is 1.94. The number of hydrogen-bond donors (Lipinski definition) is 1. The Morgan fingerprint density at radius 3 is 2.82 bits per heavy atom. The van der Waals surface area contributed by atoms with Crippen LogP contribution in [0.25, 0.3) is 0 Å². The number of nitrogens with zero attached hydrogens (tertiary/aromatic N) is 1. The number of halogens is 1. The Kier molecular flexibility index (Phi) is 2.43. The molecule has 1 aromatic rings. The molecule has 3 nitrogen and oxygen atoms in total. The third-order valence-corrected chi connectivity index (χ3v) is 2.12. The van der Waals surface area contributed by atoms with E-state index in [0.29, 0.717) is 5.56 Å². The minimum atomic E-state index is -0.403. The molecule has 1 heterocycles. The summed E-state index contributed by atoms with van der Waals surface area (Å²) in [6.45, 7) is 1.82. The maximum absolute atomic E-state index is 10.8. The Morgan fingerprint density at radius 1 is 1.73 bits per heavy atom. The number of carbonyl (C=O) groups excluding carboxylic acids is 1. The summed E-state index contributed by atoms with van der Waals surface area (Å²) in [5.74, 6) is -0.403. The second-order valence-electron chi connectivity index (χ2n) is 2.17. The van der Waals surface area contributed by atoms with E-state index in [1.165, 1.54) is 0 Å². The van der Waals surface area contributed by atoms with Crippen molar-refractivity contribution in [3.8, 4) is 0 Å². The Balaban J connectivity index is 3.23. The highest BCUT2D eigenvalue weighted by Crippen LogP contribution is 2.10. The van der Waals surface area contributed by atoms with Crippen molar-refractivity contribution in [1.82, 2.24) is 4.98 Å². The van der Waals surface area contributed by atoms with Crippen LogP contribution in [0.3, 0.4) is 0 Å². The van der Waals surface area contributed by atoms with E-state index in [2.05, 4.69) is 4.98 Å². The lowest BCUT2D eigenvalue weighted by Gasteiger charge is -1.99. The fraction of sp³-hybridized carbons (Fsp3) is 0.143. The normalized spacial score (nSPS) is 9.64. The van der Waals surface area contributed by atoms with Crippen molar-refractivity contribution in [3.05, 3.63) is 27.1 Å². The van der Waals surface area contributed by atoms with Gasteiger partial charge >= 0.3 is 0 Å². The van der Waals surface area contributed by atoms with E-state index >= 15 is 0 Å². The lowest BCUT2D eigenvalue weighted by molar-refractivity contribution is 0.0999. The molecule has 0 saturated carbocycles. The molecule has 0 radical (unpaired) electrons. The molecule has 1 aromatic heterocycles. The van der Waals surface area contributed by atoms with Gasteiger partial charge in [-0.1, -0.05) is 0 Å². The van der Waals surface area contributed by atoms with Crippen LogP contribution in [0.1, 0.15) is 16.1 Å². The fourth-order valence-corrected chi connectivity index (χ4v) is 1.29. The number of primary amides is 1. The highest BCUT2D eigenvalue weighted by Gasteiger charge is 2.05. The summed E-state index contributed by atoms with van der Waals surface area (Å²) in [7, 11) is 0. The summed E-state index contributed by atoms with van der Waals surface area (Å²) >= 11 is 2.03. The van der Waals surface area contributed by atoms with Crippen molar-refractivity contribution < 1.29 is 4.79 Å². The second kappa shape index (κ2) is 3.17. The van der Waals surface area contributed by atoms with Gasteiger partial charge in [-0.05, 0) is 35.6 Å². The maximum Gasteiger partial charge on any atom is 0.249 e. The molecule has 4 heteroatoms. The predicted octanol–water partition coefficient (Wildman–Crippen LogP) is 1.09. The summed E-state index contributed by atoms with van der Waals surface area (Å²) in [5.41, 5.74) is 6.46. The zero-order chi connectivity index (χ0) is 8.43. The third kappa shape index (κ3) is 1.89. The van der Waals surface area contributed by atoms with E-state index in [1.54, 1.807) is 12.3 Å². The predicted molar refractivity (Wildman–Crippen MR) is 50.2 cm³/mol. The average molecular weight is 262 g/mol. The van der Waals surface area contributed by atoms with Gasteiger partial charge in [-0.2, -0.15) is 0 Å². The first-order valence-corrected chi connectivity index (χ1v) is 4.11. The number of pyridine rings is 1. The molecule has 0 atom stereocenters. The molecule has 0 aromatic carbocycles. The largest absolute Gasteiger partial charge is 0.366 e. The number of aromatic nitrogens is 1. The minimum Gasteiger partial charge on any atom is -0.366 e. The van der Waals surface area contributed by atoms with E-state index in [-0.39, 0.29) is 0 Å². The summed E-state index contributed by atoms with van der Waals surface area (Å²) in [4.78, 5) is 14.8. The lowest BCUT2D eigenvalue weighted by Crippen LogP contribution is -2.13. The molecule has 0 aliphatic carbocycles. The second-order valence-corrected chi connectivity index (χ2v) is 3.33. The molecular formula is C7H7IN2O. The molecule has 0 unspecified atom stereocenters. The van der Waals surface area contributed by atoms with E-state index < -0.39 is 5.91 Å². The zero-order valence-electron chi connectivity index (χ0n) is 5.97. The highest BCUT2D eigenvalue weighted by molar-refractivity contribution is 14.1.